The molecule has 6 nitrogen and oxygen atoms in total. The van der Waals surface area contributed by atoms with E-state index in [0.29, 0.717) is 33.3 Å². The van der Waals surface area contributed by atoms with Crippen molar-refractivity contribution in [3.05, 3.63) is 56.5 Å². The Morgan fingerprint density at radius 3 is 2.65 bits per heavy atom. The monoisotopic (exact) mass is 408 g/mol. The lowest BCUT2D eigenvalue weighted by atomic mass is 10.0. The van der Waals surface area contributed by atoms with Crippen LogP contribution in [0.25, 0.3) is 0 Å². The average molecular weight is 409 g/mol. The lowest BCUT2D eigenvalue weighted by Crippen LogP contribution is -2.14. The minimum absolute atomic E-state index is 0.246. The summed E-state index contributed by atoms with van der Waals surface area (Å²) in [4.78, 5) is 17.7. The molecule has 1 aliphatic rings. The van der Waals surface area contributed by atoms with E-state index in [0.717, 1.165) is 10.4 Å². The van der Waals surface area contributed by atoms with Crippen molar-refractivity contribution >= 4 is 57.6 Å². The van der Waals surface area contributed by atoms with Crippen molar-refractivity contribution < 1.29 is 4.39 Å². The molecule has 0 amide bonds. The van der Waals surface area contributed by atoms with E-state index in [1.165, 1.54) is 29.8 Å². The van der Waals surface area contributed by atoms with Gasteiger partial charge in [-0.2, -0.15) is 0 Å². The topological polar surface area (TPSA) is 89.1 Å². The summed E-state index contributed by atoms with van der Waals surface area (Å²) in [5.74, 6) is 0.412. The first-order valence-electron chi connectivity index (χ1n) is 7.53. The van der Waals surface area contributed by atoms with Crippen molar-refractivity contribution in [1.29, 1.82) is 0 Å². The summed E-state index contributed by atoms with van der Waals surface area (Å²) in [5, 5.41) is 3.61. The molecule has 0 bridgehead atoms. The molecular formula is C16H11Cl2FN6S. The summed E-state index contributed by atoms with van der Waals surface area (Å²) in [6.07, 6.45) is 1.82. The highest BCUT2D eigenvalue weighted by Crippen LogP contribution is 2.41. The summed E-state index contributed by atoms with van der Waals surface area (Å²) in [6, 6.07) is 5.82. The van der Waals surface area contributed by atoms with Gasteiger partial charge in [-0.05, 0) is 17.7 Å². The number of hydrogen-bond acceptors (Lipinski definition) is 7. The van der Waals surface area contributed by atoms with Crippen molar-refractivity contribution in [2.24, 2.45) is 4.99 Å². The molecule has 2 aromatic heterocycles. The van der Waals surface area contributed by atoms with Gasteiger partial charge in [0.05, 0.1) is 16.6 Å². The number of nitrogens with two attached hydrogens (primary N) is 1. The Labute approximate surface area is 161 Å². The molecule has 3 aromatic rings. The zero-order valence-electron chi connectivity index (χ0n) is 13.1. The van der Waals surface area contributed by atoms with Crippen molar-refractivity contribution in [3.8, 4) is 0 Å². The Hall–Kier alpha value is -2.29. The molecule has 1 unspecified atom stereocenters. The number of nitrogen functional groups attached to an aromatic ring is 1. The molecule has 1 aliphatic heterocycles. The Balaban J connectivity index is 1.85. The van der Waals surface area contributed by atoms with Gasteiger partial charge in [0, 0.05) is 6.42 Å². The van der Waals surface area contributed by atoms with Crippen molar-refractivity contribution in [1.82, 2.24) is 15.0 Å². The quantitative estimate of drug-likeness (QED) is 0.644. The van der Waals surface area contributed by atoms with E-state index >= 15 is 0 Å². The standard InChI is InChI=1S/C16H11Cl2FN6S/c17-13-12(26-16(18)25-13)10-5-9(7-1-3-8(19)4-2-7)23-11-14(20)21-6-22-15(11)24-10/h1-4,6,10H,5H2,(H3,20,21,22,24). The van der Waals surface area contributed by atoms with E-state index < -0.39 is 0 Å². The van der Waals surface area contributed by atoms with Crippen LogP contribution in [0.3, 0.4) is 0 Å². The largest absolute Gasteiger partial charge is 0.382 e. The minimum atomic E-state index is -0.321. The maximum atomic E-state index is 13.3. The van der Waals surface area contributed by atoms with Gasteiger partial charge >= 0.3 is 0 Å². The molecule has 0 saturated carbocycles. The molecule has 0 fully saturated rings. The fourth-order valence-electron chi connectivity index (χ4n) is 2.68. The summed E-state index contributed by atoms with van der Waals surface area (Å²) in [5.41, 5.74) is 7.87. The molecule has 1 atom stereocenters. The average Bonchev–Trinajstić information content (AvgIpc) is 2.83. The van der Waals surface area contributed by atoms with Gasteiger partial charge in [-0.1, -0.05) is 35.3 Å². The van der Waals surface area contributed by atoms with E-state index in [9.17, 15) is 4.39 Å². The zero-order chi connectivity index (χ0) is 18.3. The van der Waals surface area contributed by atoms with E-state index in [4.69, 9.17) is 28.9 Å². The van der Waals surface area contributed by atoms with Crippen LogP contribution in [0.4, 0.5) is 21.7 Å². The molecule has 4 rings (SSSR count). The molecule has 132 valence electrons. The van der Waals surface area contributed by atoms with Gasteiger partial charge in [-0.25, -0.2) is 24.3 Å². The van der Waals surface area contributed by atoms with Crippen LogP contribution in [0.1, 0.15) is 22.9 Å². The molecule has 0 radical (unpaired) electrons. The maximum Gasteiger partial charge on any atom is 0.185 e. The number of aliphatic imine (C=N–C) groups is 1. The lowest BCUT2D eigenvalue weighted by Gasteiger charge is -2.16. The SMILES string of the molecule is Nc1ncnc2c1N=C(c1ccc(F)cc1)CC(c1sc(Cl)nc1Cl)N2. The first-order chi connectivity index (χ1) is 12.5. The highest BCUT2D eigenvalue weighted by atomic mass is 35.5. The molecule has 0 spiro atoms. The summed E-state index contributed by atoms with van der Waals surface area (Å²) < 4.78 is 13.6. The number of thiazole rings is 1. The van der Waals surface area contributed by atoms with Crippen LogP contribution < -0.4 is 11.1 Å². The zero-order valence-corrected chi connectivity index (χ0v) is 15.4. The van der Waals surface area contributed by atoms with Crippen molar-refractivity contribution in [2.75, 3.05) is 11.1 Å². The Kier molecular flexibility index (Phi) is 4.47. The second-order valence-electron chi connectivity index (χ2n) is 5.54. The number of anilines is 2. The first kappa shape index (κ1) is 17.1. The fraction of sp³-hybridized carbons (Fsp3) is 0.125. The van der Waals surface area contributed by atoms with Crippen LogP contribution in [0.15, 0.2) is 35.6 Å². The Morgan fingerprint density at radius 1 is 1.19 bits per heavy atom. The van der Waals surface area contributed by atoms with Gasteiger partial charge in [0.25, 0.3) is 0 Å². The predicted octanol–water partition coefficient (Wildman–Crippen LogP) is 4.64. The number of aromatic nitrogens is 3. The van der Waals surface area contributed by atoms with Gasteiger partial charge in [0.2, 0.25) is 0 Å². The maximum absolute atomic E-state index is 13.3. The molecule has 3 heterocycles. The van der Waals surface area contributed by atoms with Crippen LogP contribution in [0.2, 0.25) is 9.62 Å². The highest BCUT2D eigenvalue weighted by molar-refractivity contribution is 7.16. The smallest absolute Gasteiger partial charge is 0.185 e. The Bertz CT molecular complexity index is 1000. The van der Waals surface area contributed by atoms with Crippen LogP contribution in [-0.4, -0.2) is 20.7 Å². The number of benzene rings is 1. The van der Waals surface area contributed by atoms with Crippen LogP contribution >= 0.6 is 34.5 Å². The van der Waals surface area contributed by atoms with E-state index in [2.05, 4.69) is 25.3 Å². The van der Waals surface area contributed by atoms with Crippen LogP contribution in [-0.2, 0) is 0 Å². The molecular weight excluding hydrogens is 398 g/mol. The molecule has 10 heteroatoms. The number of rotatable bonds is 2. The summed E-state index contributed by atoms with van der Waals surface area (Å²) >= 11 is 13.5. The normalized spacial score (nSPS) is 16.4. The second kappa shape index (κ2) is 6.79. The van der Waals surface area contributed by atoms with E-state index in [-0.39, 0.29) is 17.7 Å². The number of fused-ring (bicyclic) bond motifs is 1. The molecule has 26 heavy (non-hydrogen) atoms. The van der Waals surface area contributed by atoms with Gasteiger partial charge in [0.1, 0.15) is 23.0 Å². The fourth-order valence-corrected chi connectivity index (χ4v) is 4.18. The van der Waals surface area contributed by atoms with Crippen molar-refractivity contribution in [2.45, 2.75) is 12.5 Å². The first-order valence-corrected chi connectivity index (χ1v) is 9.10. The molecule has 1 aromatic carbocycles. The lowest BCUT2D eigenvalue weighted by molar-refractivity contribution is 0.627. The number of halogens is 3. The number of nitrogens with zero attached hydrogens (tertiary/aromatic N) is 4. The van der Waals surface area contributed by atoms with Gasteiger partial charge < -0.3 is 11.1 Å². The number of nitrogens with one attached hydrogen (secondary N) is 1. The third-order valence-electron chi connectivity index (χ3n) is 3.88. The summed E-state index contributed by atoms with van der Waals surface area (Å²) in [7, 11) is 0. The highest BCUT2D eigenvalue weighted by Gasteiger charge is 2.27. The minimum Gasteiger partial charge on any atom is -0.382 e. The van der Waals surface area contributed by atoms with Crippen LogP contribution in [0, 0.1) is 5.82 Å². The molecule has 0 saturated heterocycles. The second-order valence-corrected chi connectivity index (χ2v) is 7.52. The molecule has 0 aliphatic carbocycles. The van der Waals surface area contributed by atoms with Crippen molar-refractivity contribution in [3.63, 3.8) is 0 Å². The molecule has 3 N–H and O–H groups in total. The Morgan fingerprint density at radius 2 is 1.96 bits per heavy atom. The number of hydrogen-bond donors (Lipinski definition) is 2. The predicted molar refractivity (Wildman–Crippen MR) is 102 cm³/mol. The van der Waals surface area contributed by atoms with Gasteiger partial charge in [-0.3, -0.25) is 0 Å². The summed E-state index contributed by atoms with van der Waals surface area (Å²) in [6.45, 7) is 0. The van der Waals surface area contributed by atoms with Gasteiger partial charge in [0.15, 0.2) is 16.1 Å². The third-order valence-corrected chi connectivity index (χ3v) is 5.56. The van der Waals surface area contributed by atoms with E-state index in [1.807, 2.05) is 0 Å². The van der Waals surface area contributed by atoms with Gasteiger partial charge in [-0.15, -0.1) is 11.3 Å². The van der Waals surface area contributed by atoms with Crippen LogP contribution in [0.5, 0.6) is 0 Å². The third kappa shape index (κ3) is 3.23. The van der Waals surface area contributed by atoms with E-state index in [1.54, 1.807) is 12.1 Å².